The Morgan fingerprint density at radius 2 is 1.75 bits per heavy atom. The van der Waals surface area contributed by atoms with Gasteiger partial charge >= 0.3 is 0 Å². The van der Waals surface area contributed by atoms with Crippen molar-refractivity contribution in [3.63, 3.8) is 0 Å². The van der Waals surface area contributed by atoms with Crippen LogP contribution in [-0.4, -0.2) is 29.2 Å². The number of carbonyl (C=O) groups excluding carboxylic acids is 3. The van der Waals surface area contributed by atoms with E-state index in [0.29, 0.717) is 17.5 Å². The molecule has 1 aliphatic heterocycles. The van der Waals surface area contributed by atoms with Crippen LogP contribution in [-0.2, 0) is 4.79 Å². The summed E-state index contributed by atoms with van der Waals surface area (Å²) in [4.78, 5) is 38.8. The molecule has 24 heavy (non-hydrogen) atoms. The first kappa shape index (κ1) is 16.4. The van der Waals surface area contributed by atoms with Gasteiger partial charge in [0.2, 0.25) is 5.91 Å². The number of nitrogens with zero attached hydrogens (tertiary/aromatic N) is 1. The summed E-state index contributed by atoms with van der Waals surface area (Å²) in [5.74, 6) is -0.658. The fraction of sp³-hybridized carbons (Fsp3) is 0.278. The average Bonchev–Trinajstić information content (AvgIpc) is 2.99. The lowest BCUT2D eigenvalue weighted by atomic mass is 10.1. The van der Waals surface area contributed by atoms with E-state index in [1.54, 1.807) is 35.6 Å². The molecule has 3 amide bonds. The minimum atomic E-state index is -0.277. The number of hydrogen-bond acceptors (Lipinski definition) is 4. The van der Waals surface area contributed by atoms with Gasteiger partial charge in [0, 0.05) is 17.8 Å². The molecule has 2 aromatic rings. The van der Waals surface area contributed by atoms with E-state index in [1.165, 1.54) is 9.78 Å². The highest BCUT2D eigenvalue weighted by atomic mass is 32.1. The smallest absolute Gasteiger partial charge is 0.261 e. The van der Waals surface area contributed by atoms with Gasteiger partial charge in [0.05, 0.1) is 16.1 Å². The molecule has 0 saturated carbocycles. The van der Waals surface area contributed by atoms with E-state index in [9.17, 15) is 14.4 Å². The number of nitrogens with one attached hydrogen (secondary N) is 1. The third-order valence-electron chi connectivity index (χ3n) is 4.09. The first-order chi connectivity index (χ1) is 11.5. The third-order valence-corrected chi connectivity index (χ3v) is 5.16. The molecule has 0 atom stereocenters. The van der Waals surface area contributed by atoms with Crippen LogP contribution in [0.25, 0.3) is 0 Å². The van der Waals surface area contributed by atoms with Gasteiger partial charge in [-0.2, -0.15) is 0 Å². The minimum absolute atomic E-state index is 0.104. The summed E-state index contributed by atoms with van der Waals surface area (Å²) in [5, 5.41) is 3.69. The van der Waals surface area contributed by atoms with E-state index in [2.05, 4.69) is 5.32 Å². The molecule has 124 valence electrons. The largest absolute Gasteiger partial charge is 0.318 e. The SMILES string of the molecule is Cc1cc(NC(=O)CCCN2C(=O)c3ccccc3C2=O)sc1C. The Labute approximate surface area is 144 Å². The molecule has 0 bridgehead atoms. The molecule has 3 rings (SSSR count). The Kier molecular flexibility index (Phi) is 4.49. The van der Waals surface area contributed by atoms with E-state index < -0.39 is 0 Å². The topological polar surface area (TPSA) is 66.5 Å². The monoisotopic (exact) mass is 342 g/mol. The summed E-state index contributed by atoms with van der Waals surface area (Å²) in [6, 6.07) is 8.74. The number of hydrogen-bond donors (Lipinski definition) is 1. The maximum Gasteiger partial charge on any atom is 0.261 e. The molecule has 0 aliphatic carbocycles. The second-order valence-electron chi connectivity index (χ2n) is 5.81. The van der Waals surface area contributed by atoms with Crippen LogP contribution in [0.1, 0.15) is 44.0 Å². The van der Waals surface area contributed by atoms with E-state index in [0.717, 1.165) is 10.6 Å². The number of benzene rings is 1. The Bertz CT molecular complexity index is 771. The second-order valence-corrected chi connectivity index (χ2v) is 7.07. The fourth-order valence-corrected chi connectivity index (χ4v) is 3.62. The molecule has 1 N–H and O–H groups in total. The number of carbonyl (C=O) groups is 3. The predicted molar refractivity (Wildman–Crippen MR) is 93.5 cm³/mol. The summed E-state index contributed by atoms with van der Waals surface area (Å²) in [6.07, 6.45) is 0.712. The van der Waals surface area contributed by atoms with Crippen molar-refractivity contribution in [1.29, 1.82) is 0 Å². The fourth-order valence-electron chi connectivity index (χ4n) is 2.67. The molecule has 0 saturated heterocycles. The van der Waals surface area contributed by atoms with Gasteiger partial charge in [-0.3, -0.25) is 19.3 Å². The van der Waals surface area contributed by atoms with Crippen LogP contribution >= 0.6 is 11.3 Å². The zero-order chi connectivity index (χ0) is 17.3. The van der Waals surface area contributed by atoms with Gasteiger partial charge in [-0.05, 0) is 44.0 Å². The summed E-state index contributed by atoms with van der Waals surface area (Å²) in [6.45, 7) is 4.27. The first-order valence-electron chi connectivity index (χ1n) is 7.79. The molecule has 0 fully saturated rings. The molecular formula is C18H18N2O3S. The minimum Gasteiger partial charge on any atom is -0.318 e. The number of thiophene rings is 1. The van der Waals surface area contributed by atoms with Gasteiger partial charge in [-0.25, -0.2) is 0 Å². The van der Waals surface area contributed by atoms with Crippen LogP contribution in [0.5, 0.6) is 0 Å². The quantitative estimate of drug-likeness (QED) is 0.847. The Morgan fingerprint density at radius 1 is 1.12 bits per heavy atom. The van der Waals surface area contributed by atoms with Gasteiger partial charge in [0.1, 0.15) is 0 Å². The number of amides is 3. The highest BCUT2D eigenvalue weighted by Gasteiger charge is 2.34. The lowest BCUT2D eigenvalue weighted by Gasteiger charge is -2.13. The zero-order valence-electron chi connectivity index (χ0n) is 13.6. The van der Waals surface area contributed by atoms with Crippen LogP contribution in [0.4, 0.5) is 5.00 Å². The Morgan fingerprint density at radius 3 is 2.29 bits per heavy atom. The van der Waals surface area contributed by atoms with Crippen molar-refractivity contribution in [3.05, 3.63) is 51.9 Å². The molecule has 5 nitrogen and oxygen atoms in total. The van der Waals surface area contributed by atoms with Crippen LogP contribution < -0.4 is 5.32 Å². The molecule has 1 aromatic heterocycles. The third kappa shape index (κ3) is 3.10. The van der Waals surface area contributed by atoms with Gasteiger partial charge in [0.15, 0.2) is 0 Å². The van der Waals surface area contributed by atoms with Gasteiger partial charge in [-0.1, -0.05) is 12.1 Å². The van der Waals surface area contributed by atoms with E-state index in [1.807, 2.05) is 19.9 Å². The molecule has 1 aliphatic rings. The van der Waals surface area contributed by atoms with Crippen LogP contribution in [0.15, 0.2) is 30.3 Å². The molecule has 0 spiro atoms. The molecular weight excluding hydrogens is 324 g/mol. The van der Waals surface area contributed by atoms with Crippen molar-refractivity contribution in [1.82, 2.24) is 4.90 Å². The summed E-state index contributed by atoms with van der Waals surface area (Å²) in [7, 11) is 0. The molecule has 0 radical (unpaired) electrons. The zero-order valence-corrected chi connectivity index (χ0v) is 14.4. The summed E-state index contributed by atoms with van der Waals surface area (Å²) in [5.41, 5.74) is 2.04. The summed E-state index contributed by atoms with van der Waals surface area (Å²) < 4.78 is 0. The van der Waals surface area contributed by atoms with Crippen molar-refractivity contribution < 1.29 is 14.4 Å². The number of anilines is 1. The van der Waals surface area contributed by atoms with E-state index in [4.69, 9.17) is 0 Å². The second kappa shape index (κ2) is 6.57. The van der Waals surface area contributed by atoms with Crippen molar-refractivity contribution in [2.24, 2.45) is 0 Å². The number of imide groups is 1. The summed E-state index contributed by atoms with van der Waals surface area (Å²) >= 11 is 1.54. The lowest BCUT2D eigenvalue weighted by Crippen LogP contribution is -2.31. The van der Waals surface area contributed by atoms with Crippen molar-refractivity contribution in [3.8, 4) is 0 Å². The van der Waals surface area contributed by atoms with Gasteiger partial charge in [-0.15, -0.1) is 11.3 Å². The maximum atomic E-state index is 12.2. The first-order valence-corrected chi connectivity index (χ1v) is 8.61. The van der Waals surface area contributed by atoms with Gasteiger partial charge < -0.3 is 5.32 Å². The lowest BCUT2D eigenvalue weighted by molar-refractivity contribution is -0.116. The van der Waals surface area contributed by atoms with Crippen molar-refractivity contribution in [2.75, 3.05) is 11.9 Å². The number of rotatable bonds is 5. The maximum absolute atomic E-state index is 12.2. The van der Waals surface area contributed by atoms with Crippen molar-refractivity contribution in [2.45, 2.75) is 26.7 Å². The standard InChI is InChI=1S/C18H18N2O3S/c1-11-10-16(24-12(11)2)19-15(21)8-5-9-20-17(22)13-6-3-4-7-14(13)18(20)23/h3-4,6-7,10H,5,8-9H2,1-2H3,(H,19,21). The molecule has 6 heteroatoms. The van der Waals surface area contributed by atoms with Gasteiger partial charge in [0.25, 0.3) is 11.8 Å². The number of aryl methyl sites for hydroxylation is 2. The molecule has 0 unspecified atom stereocenters. The van der Waals surface area contributed by atoms with Crippen LogP contribution in [0.3, 0.4) is 0 Å². The van der Waals surface area contributed by atoms with E-state index >= 15 is 0 Å². The predicted octanol–water partition coefficient (Wildman–Crippen LogP) is 3.38. The normalized spacial score (nSPS) is 13.3. The van der Waals surface area contributed by atoms with E-state index in [-0.39, 0.29) is 30.7 Å². The average molecular weight is 342 g/mol. The van der Waals surface area contributed by atoms with Crippen LogP contribution in [0, 0.1) is 13.8 Å². The molecule has 2 heterocycles. The number of fused-ring (bicyclic) bond motifs is 1. The Balaban J connectivity index is 1.53. The highest BCUT2D eigenvalue weighted by Crippen LogP contribution is 2.26. The van der Waals surface area contributed by atoms with Crippen LogP contribution in [0.2, 0.25) is 0 Å². The van der Waals surface area contributed by atoms with Crippen molar-refractivity contribution >= 4 is 34.1 Å². The highest BCUT2D eigenvalue weighted by molar-refractivity contribution is 7.16. The Hall–Kier alpha value is -2.47. The molecule has 1 aromatic carbocycles.